The van der Waals surface area contributed by atoms with Crippen LogP contribution in [0.3, 0.4) is 0 Å². The van der Waals surface area contributed by atoms with Gasteiger partial charge >= 0.3 is 11.9 Å². The number of hydrogen-bond acceptors (Lipinski definition) is 5. The van der Waals surface area contributed by atoms with Gasteiger partial charge in [-0.3, -0.25) is 4.79 Å². The van der Waals surface area contributed by atoms with E-state index in [0.717, 1.165) is 38.5 Å². The number of carboxylic acid groups (broad SMARTS) is 1. The van der Waals surface area contributed by atoms with Crippen LogP contribution < -0.4 is 0 Å². The minimum atomic E-state index is -0.940. The molecule has 6 heteroatoms. The summed E-state index contributed by atoms with van der Waals surface area (Å²) in [6, 6.07) is 0. The summed E-state index contributed by atoms with van der Waals surface area (Å²) in [4.78, 5) is 25.0. The van der Waals surface area contributed by atoms with Crippen LogP contribution in [0.15, 0.2) is 11.6 Å². The number of rotatable bonds is 5. The third kappa shape index (κ3) is 2.71. The van der Waals surface area contributed by atoms with E-state index in [0.29, 0.717) is 31.3 Å². The summed E-state index contributed by atoms with van der Waals surface area (Å²) >= 11 is 0. The molecule has 5 aliphatic carbocycles. The quantitative estimate of drug-likeness (QED) is 0.373. The lowest BCUT2D eigenvalue weighted by molar-refractivity contribution is -0.180. The molecule has 36 heavy (non-hydrogen) atoms. The molecule has 7 fully saturated rings. The first-order valence-corrected chi connectivity index (χ1v) is 14.3. The van der Waals surface area contributed by atoms with Crippen molar-refractivity contribution in [2.75, 3.05) is 6.61 Å². The number of aliphatic hydroxyl groups is 2. The Hall–Kier alpha value is -1.40. The van der Waals surface area contributed by atoms with Gasteiger partial charge in [-0.1, -0.05) is 19.9 Å². The fraction of sp³-hybridized carbons (Fsp3) is 0.867. The summed E-state index contributed by atoms with van der Waals surface area (Å²) in [6.45, 7) is 8.56. The number of carbonyl (C=O) groups is 2. The Morgan fingerprint density at radius 2 is 1.72 bits per heavy atom. The van der Waals surface area contributed by atoms with E-state index in [1.54, 1.807) is 13.0 Å². The second-order valence-electron chi connectivity index (χ2n) is 14.2. The number of ether oxygens (including phenoxy) is 1. The average molecular weight is 501 g/mol. The highest BCUT2D eigenvalue weighted by atomic mass is 16.5. The molecule has 0 aromatic rings. The molecule has 6 bridgehead atoms. The van der Waals surface area contributed by atoms with Gasteiger partial charge in [0.15, 0.2) is 0 Å². The van der Waals surface area contributed by atoms with Crippen molar-refractivity contribution in [1.29, 1.82) is 0 Å². The largest absolute Gasteiger partial charge is 0.478 e. The van der Waals surface area contributed by atoms with Crippen LogP contribution in [0.2, 0.25) is 0 Å². The number of fused-ring (bicyclic) bond motifs is 3. The SMILES string of the molecule is CC(=CC[C@H](O)[C@@H](C)[C@H]1CC[C@]23COC(=O)[C@@]4(C)[C@@H](O)CC[C@]56CC5(CC[C@]12C)C3CC[C@@H]46)C(=O)O. The van der Waals surface area contributed by atoms with E-state index in [2.05, 4.69) is 13.8 Å². The standard InChI is InChI=1S/C30H44O6/c1-17(24(33)34)5-6-20(31)18(2)19-9-11-30-16-36-25(35)27(4)21-7-8-22(30)29(14-13-26(19,30)3)15-28(21,29)12-10-23(27)32/h5,18-23,31-32H,6-16H2,1-4H3,(H,33,34)/t18-,19+,20-,21-,22?,23-,26+,27+,28+,29?,30+/m0/s1. The zero-order valence-corrected chi connectivity index (χ0v) is 22.4. The first-order chi connectivity index (χ1) is 16.9. The fourth-order valence-corrected chi connectivity index (χ4v) is 11.5. The molecular weight excluding hydrogens is 456 g/mol. The molecule has 200 valence electrons. The van der Waals surface area contributed by atoms with Crippen LogP contribution in [0.1, 0.15) is 91.9 Å². The average Bonchev–Trinajstić information content (AvgIpc) is 3.41. The predicted molar refractivity (Wildman–Crippen MR) is 134 cm³/mol. The van der Waals surface area contributed by atoms with Gasteiger partial charge in [-0.05, 0) is 118 Å². The molecule has 0 amide bonds. The monoisotopic (exact) mass is 500 g/mol. The predicted octanol–water partition coefficient (Wildman–Crippen LogP) is 4.72. The maximum atomic E-state index is 13.7. The zero-order chi connectivity index (χ0) is 25.9. The highest BCUT2D eigenvalue weighted by molar-refractivity contribution is 5.85. The van der Waals surface area contributed by atoms with Crippen LogP contribution in [0.25, 0.3) is 0 Å². The Morgan fingerprint density at radius 3 is 2.44 bits per heavy atom. The number of aliphatic hydroxyl groups excluding tert-OH is 2. The summed E-state index contributed by atoms with van der Waals surface area (Å²) in [6.07, 6.45) is 10.2. The molecule has 5 saturated carbocycles. The van der Waals surface area contributed by atoms with Crippen LogP contribution in [0.4, 0.5) is 0 Å². The van der Waals surface area contributed by atoms with Crippen molar-refractivity contribution in [2.24, 2.45) is 50.7 Å². The first-order valence-electron chi connectivity index (χ1n) is 14.3. The second-order valence-corrected chi connectivity index (χ2v) is 14.2. The second kappa shape index (κ2) is 7.59. The molecule has 0 radical (unpaired) electrons. The van der Waals surface area contributed by atoms with Gasteiger partial charge in [-0.25, -0.2) is 4.79 Å². The number of carboxylic acids is 1. The van der Waals surface area contributed by atoms with Crippen molar-refractivity contribution in [3.05, 3.63) is 11.6 Å². The van der Waals surface area contributed by atoms with Gasteiger partial charge in [0.1, 0.15) is 0 Å². The van der Waals surface area contributed by atoms with Gasteiger partial charge in [0.05, 0.1) is 24.2 Å². The third-order valence-electron chi connectivity index (χ3n) is 13.6. The van der Waals surface area contributed by atoms with E-state index >= 15 is 0 Å². The maximum Gasteiger partial charge on any atom is 0.330 e. The van der Waals surface area contributed by atoms with Crippen molar-refractivity contribution < 1.29 is 29.6 Å². The van der Waals surface area contributed by atoms with Crippen molar-refractivity contribution >= 4 is 11.9 Å². The normalized spacial score (nSPS) is 52.7. The summed E-state index contributed by atoms with van der Waals surface area (Å²) in [5.74, 6) is -0.0296. The smallest absolute Gasteiger partial charge is 0.330 e. The summed E-state index contributed by atoms with van der Waals surface area (Å²) in [5.41, 5.74) is -0.181. The first kappa shape index (κ1) is 24.9. The highest BCUT2D eigenvalue weighted by Gasteiger charge is 2.85. The molecule has 6 nitrogen and oxygen atoms in total. The highest BCUT2D eigenvalue weighted by Crippen LogP contribution is 2.89. The van der Waals surface area contributed by atoms with E-state index in [1.807, 2.05) is 6.92 Å². The molecule has 2 unspecified atom stereocenters. The van der Waals surface area contributed by atoms with E-state index in [9.17, 15) is 24.9 Å². The Bertz CT molecular complexity index is 1020. The van der Waals surface area contributed by atoms with Crippen LogP contribution in [0.5, 0.6) is 0 Å². The number of aliphatic carboxylic acids is 1. The minimum Gasteiger partial charge on any atom is -0.478 e. The lowest BCUT2D eigenvalue weighted by atomic mass is 9.41. The van der Waals surface area contributed by atoms with E-state index in [1.165, 1.54) is 12.8 Å². The van der Waals surface area contributed by atoms with E-state index in [-0.39, 0.29) is 45.0 Å². The molecule has 2 saturated heterocycles. The summed E-state index contributed by atoms with van der Waals surface area (Å²) in [7, 11) is 0. The van der Waals surface area contributed by atoms with Crippen molar-refractivity contribution in [3.63, 3.8) is 0 Å². The molecule has 2 aliphatic heterocycles. The van der Waals surface area contributed by atoms with Gasteiger partial charge in [0, 0.05) is 11.0 Å². The summed E-state index contributed by atoms with van der Waals surface area (Å²) in [5, 5.41) is 31.5. The summed E-state index contributed by atoms with van der Waals surface area (Å²) < 4.78 is 6.28. The lowest BCUT2D eigenvalue weighted by Gasteiger charge is -2.62. The molecule has 2 heterocycles. The molecule has 3 spiro atoms. The molecule has 7 aliphatic rings. The number of hydrogen-bond donors (Lipinski definition) is 3. The zero-order valence-electron chi connectivity index (χ0n) is 22.4. The Labute approximate surface area is 214 Å². The Morgan fingerprint density at radius 1 is 1.06 bits per heavy atom. The van der Waals surface area contributed by atoms with Gasteiger partial charge in [0.2, 0.25) is 0 Å². The van der Waals surface area contributed by atoms with Crippen molar-refractivity contribution in [2.45, 2.75) is 104 Å². The lowest BCUT2D eigenvalue weighted by Crippen LogP contribution is -2.59. The van der Waals surface area contributed by atoms with Crippen LogP contribution in [0, 0.1) is 50.7 Å². The molecule has 0 aromatic heterocycles. The van der Waals surface area contributed by atoms with Crippen LogP contribution in [-0.4, -0.2) is 46.1 Å². The topological polar surface area (TPSA) is 104 Å². The van der Waals surface area contributed by atoms with Gasteiger partial charge < -0.3 is 20.1 Å². The number of esters is 1. The van der Waals surface area contributed by atoms with Crippen LogP contribution >= 0.6 is 0 Å². The third-order valence-corrected chi connectivity index (χ3v) is 13.6. The minimum absolute atomic E-state index is 0.0349. The van der Waals surface area contributed by atoms with Gasteiger partial charge in [0.25, 0.3) is 0 Å². The van der Waals surface area contributed by atoms with E-state index in [4.69, 9.17) is 4.74 Å². The Balaban J connectivity index is 1.36. The van der Waals surface area contributed by atoms with Crippen molar-refractivity contribution in [1.82, 2.24) is 0 Å². The van der Waals surface area contributed by atoms with Crippen molar-refractivity contribution in [3.8, 4) is 0 Å². The van der Waals surface area contributed by atoms with E-state index < -0.39 is 23.6 Å². The molecule has 0 aromatic carbocycles. The van der Waals surface area contributed by atoms with Gasteiger partial charge in [-0.2, -0.15) is 0 Å². The van der Waals surface area contributed by atoms with Gasteiger partial charge in [-0.15, -0.1) is 0 Å². The maximum absolute atomic E-state index is 13.7. The Kier molecular flexibility index (Phi) is 5.25. The molecule has 3 N–H and O–H groups in total. The fourth-order valence-electron chi connectivity index (χ4n) is 11.5. The number of carbonyl (C=O) groups excluding carboxylic acids is 1. The van der Waals surface area contributed by atoms with Crippen LogP contribution in [-0.2, 0) is 14.3 Å². The molecule has 11 atom stereocenters. The molecule has 7 rings (SSSR count). The molecular formula is C30H44O6.